The summed E-state index contributed by atoms with van der Waals surface area (Å²) in [6, 6.07) is 5.47. The van der Waals surface area contributed by atoms with E-state index in [4.69, 9.17) is 0 Å². The number of aromatic nitrogens is 3. The van der Waals surface area contributed by atoms with Crippen molar-refractivity contribution in [3.8, 4) is 0 Å². The number of fused-ring (bicyclic) bond motifs is 1. The van der Waals surface area contributed by atoms with Crippen LogP contribution < -0.4 is 11.0 Å². The zero-order chi connectivity index (χ0) is 18.6. The lowest BCUT2D eigenvalue weighted by atomic mass is 9.84. The molecule has 138 valence electrons. The average molecular weight is 347 g/mol. The predicted molar refractivity (Wildman–Crippen MR) is 98.6 cm³/mol. The van der Waals surface area contributed by atoms with Gasteiger partial charge in [-0.1, -0.05) is 26.8 Å². The standard InChI is InChI=1S/C18H29N5O2/c1-18(2,3)14(9-12-21(4)5)19-16(24)10-13-23-17(25)22-11-7-6-8-15(22)20-23/h6-8,11,14H,9-10,12-13H2,1-5H3,(H,19,24). The Hall–Kier alpha value is -2.15. The van der Waals surface area contributed by atoms with Crippen molar-refractivity contribution in [1.82, 2.24) is 24.4 Å². The minimum Gasteiger partial charge on any atom is -0.353 e. The first-order valence-electron chi connectivity index (χ1n) is 8.67. The topological polar surface area (TPSA) is 71.6 Å². The molecule has 0 aliphatic carbocycles. The molecule has 2 aromatic heterocycles. The lowest BCUT2D eigenvalue weighted by Crippen LogP contribution is -2.45. The van der Waals surface area contributed by atoms with Crippen LogP contribution in [0.1, 0.15) is 33.6 Å². The van der Waals surface area contributed by atoms with E-state index in [1.807, 2.05) is 20.2 Å². The van der Waals surface area contributed by atoms with Crippen LogP contribution in [-0.4, -0.2) is 51.7 Å². The van der Waals surface area contributed by atoms with E-state index in [0.717, 1.165) is 13.0 Å². The number of pyridine rings is 1. The summed E-state index contributed by atoms with van der Waals surface area (Å²) in [5.74, 6) is -0.0531. The fraction of sp³-hybridized carbons (Fsp3) is 0.611. The van der Waals surface area contributed by atoms with Crippen molar-refractivity contribution in [2.75, 3.05) is 20.6 Å². The van der Waals surface area contributed by atoms with Crippen molar-refractivity contribution in [2.45, 2.75) is 46.2 Å². The van der Waals surface area contributed by atoms with Crippen LogP contribution in [0.4, 0.5) is 0 Å². The number of rotatable bonds is 7. The quantitative estimate of drug-likeness (QED) is 0.821. The molecule has 0 spiro atoms. The summed E-state index contributed by atoms with van der Waals surface area (Å²) in [7, 11) is 4.05. The molecule has 1 amide bonds. The highest BCUT2D eigenvalue weighted by atomic mass is 16.2. The second-order valence-electron chi connectivity index (χ2n) is 7.76. The molecular weight excluding hydrogens is 318 g/mol. The number of carbonyl (C=O) groups excluding carboxylic acids is 1. The zero-order valence-corrected chi connectivity index (χ0v) is 15.8. The lowest BCUT2D eigenvalue weighted by Gasteiger charge is -2.32. The third kappa shape index (κ3) is 5.16. The van der Waals surface area contributed by atoms with E-state index in [0.29, 0.717) is 5.65 Å². The molecule has 0 fully saturated rings. The van der Waals surface area contributed by atoms with Crippen LogP contribution >= 0.6 is 0 Å². The molecule has 2 rings (SSSR count). The highest BCUT2D eigenvalue weighted by Gasteiger charge is 2.26. The van der Waals surface area contributed by atoms with Crippen molar-refractivity contribution in [2.24, 2.45) is 5.41 Å². The molecule has 0 aliphatic heterocycles. The van der Waals surface area contributed by atoms with Crippen LogP contribution in [0.15, 0.2) is 29.2 Å². The normalized spacial score (nSPS) is 13.4. The maximum Gasteiger partial charge on any atom is 0.350 e. The fourth-order valence-electron chi connectivity index (χ4n) is 2.70. The largest absolute Gasteiger partial charge is 0.353 e. The summed E-state index contributed by atoms with van der Waals surface area (Å²) in [5.41, 5.74) is 0.348. The van der Waals surface area contributed by atoms with Gasteiger partial charge in [0.15, 0.2) is 5.65 Å². The summed E-state index contributed by atoms with van der Waals surface area (Å²) >= 11 is 0. The van der Waals surface area contributed by atoms with Crippen LogP contribution in [0.3, 0.4) is 0 Å². The Bertz CT molecular complexity index is 770. The van der Waals surface area contributed by atoms with Crippen molar-refractivity contribution in [1.29, 1.82) is 0 Å². The molecular formula is C18H29N5O2. The smallest absolute Gasteiger partial charge is 0.350 e. The Morgan fingerprint density at radius 2 is 2.04 bits per heavy atom. The van der Waals surface area contributed by atoms with Crippen LogP contribution in [0.2, 0.25) is 0 Å². The molecule has 0 radical (unpaired) electrons. The number of amides is 1. The van der Waals surface area contributed by atoms with Gasteiger partial charge in [-0.3, -0.25) is 9.20 Å². The molecule has 2 aromatic rings. The first-order valence-corrected chi connectivity index (χ1v) is 8.67. The number of nitrogens with one attached hydrogen (secondary N) is 1. The number of nitrogens with zero attached hydrogens (tertiary/aromatic N) is 4. The van der Waals surface area contributed by atoms with Gasteiger partial charge in [0.05, 0.1) is 6.54 Å². The fourth-order valence-corrected chi connectivity index (χ4v) is 2.70. The molecule has 25 heavy (non-hydrogen) atoms. The van der Waals surface area contributed by atoms with Crippen LogP contribution in [0, 0.1) is 5.41 Å². The Balaban J connectivity index is 1.98. The number of carbonyl (C=O) groups is 1. The summed E-state index contributed by atoms with van der Waals surface area (Å²) in [5, 5.41) is 7.37. The number of hydrogen-bond donors (Lipinski definition) is 1. The van der Waals surface area contributed by atoms with Gasteiger partial charge in [0.1, 0.15) is 0 Å². The summed E-state index contributed by atoms with van der Waals surface area (Å²) in [4.78, 5) is 26.7. The van der Waals surface area contributed by atoms with Crippen LogP contribution in [0.5, 0.6) is 0 Å². The Kier molecular flexibility index (Phi) is 6.00. The van der Waals surface area contributed by atoms with Crippen molar-refractivity contribution < 1.29 is 4.79 Å². The first kappa shape index (κ1) is 19.2. The van der Waals surface area contributed by atoms with Gasteiger partial charge in [0, 0.05) is 18.7 Å². The Morgan fingerprint density at radius 1 is 1.32 bits per heavy atom. The average Bonchev–Trinajstić information content (AvgIpc) is 2.85. The lowest BCUT2D eigenvalue weighted by molar-refractivity contribution is -0.122. The second kappa shape index (κ2) is 7.82. The van der Waals surface area contributed by atoms with Gasteiger partial charge in [0.2, 0.25) is 5.91 Å². The van der Waals surface area contributed by atoms with E-state index >= 15 is 0 Å². The number of aryl methyl sites for hydroxylation is 1. The molecule has 0 aliphatic rings. The molecule has 1 N–H and O–H groups in total. The highest BCUT2D eigenvalue weighted by Crippen LogP contribution is 2.22. The molecule has 0 saturated carbocycles. The first-order chi connectivity index (χ1) is 11.7. The molecule has 7 heteroatoms. The van der Waals surface area contributed by atoms with Gasteiger partial charge >= 0.3 is 5.69 Å². The molecule has 2 heterocycles. The SMILES string of the molecule is CN(C)CCC(NC(=O)CCn1nc2ccccn2c1=O)C(C)(C)C. The summed E-state index contributed by atoms with van der Waals surface area (Å²) < 4.78 is 2.83. The Labute approximate surface area is 148 Å². The van der Waals surface area contributed by atoms with Gasteiger partial charge in [-0.2, -0.15) is 0 Å². The predicted octanol–water partition coefficient (Wildman–Crippen LogP) is 1.37. The van der Waals surface area contributed by atoms with E-state index in [9.17, 15) is 9.59 Å². The van der Waals surface area contributed by atoms with E-state index in [-0.39, 0.29) is 36.0 Å². The van der Waals surface area contributed by atoms with E-state index in [1.54, 1.807) is 18.3 Å². The number of hydrogen-bond acceptors (Lipinski definition) is 4. The third-order valence-electron chi connectivity index (χ3n) is 4.28. The van der Waals surface area contributed by atoms with E-state index < -0.39 is 0 Å². The minimum atomic E-state index is -0.219. The highest BCUT2D eigenvalue weighted by molar-refractivity contribution is 5.76. The van der Waals surface area contributed by atoms with Gasteiger partial charge in [-0.25, -0.2) is 9.48 Å². The van der Waals surface area contributed by atoms with E-state index in [2.05, 4.69) is 36.1 Å². The van der Waals surface area contributed by atoms with Gasteiger partial charge in [-0.05, 0) is 44.6 Å². The molecule has 1 unspecified atom stereocenters. The maximum atomic E-state index is 12.4. The maximum absolute atomic E-state index is 12.4. The molecule has 1 atom stereocenters. The summed E-state index contributed by atoms with van der Waals surface area (Å²) in [6.07, 6.45) is 2.80. The molecule has 0 aromatic carbocycles. The van der Waals surface area contributed by atoms with E-state index in [1.165, 1.54) is 9.08 Å². The zero-order valence-electron chi connectivity index (χ0n) is 15.8. The van der Waals surface area contributed by atoms with Gasteiger partial charge < -0.3 is 10.2 Å². The molecule has 0 bridgehead atoms. The van der Waals surface area contributed by atoms with Crippen molar-refractivity contribution in [3.05, 3.63) is 34.9 Å². The van der Waals surface area contributed by atoms with Crippen LogP contribution in [0.25, 0.3) is 5.65 Å². The van der Waals surface area contributed by atoms with Crippen molar-refractivity contribution in [3.63, 3.8) is 0 Å². The second-order valence-corrected chi connectivity index (χ2v) is 7.76. The molecule has 0 saturated heterocycles. The van der Waals surface area contributed by atoms with Crippen LogP contribution in [-0.2, 0) is 11.3 Å². The monoisotopic (exact) mass is 347 g/mol. The van der Waals surface area contributed by atoms with Gasteiger partial charge in [-0.15, -0.1) is 5.10 Å². The van der Waals surface area contributed by atoms with Crippen molar-refractivity contribution >= 4 is 11.6 Å². The third-order valence-corrected chi connectivity index (χ3v) is 4.28. The van der Waals surface area contributed by atoms with Gasteiger partial charge in [0.25, 0.3) is 0 Å². The molecule has 7 nitrogen and oxygen atoms in total. The minimum absolute atomic E-state index is 0.0222. The summed E-state index contributed by atoms with van der Waals surface area (Å²) in [6.45, 7) is 7.56. The Morgan fingerprint density at radius 3 is 2.64 bits per heavy atom.